The van der Waals surface area contributed by atoms with Crippen molar-refractivity contribution in [1.82, 2.24) is 5.32 Å². The average molecular weight is 307 g/mol. The quantitative estimate of drug-likeness (QED) is 0.749. The summed E-state index contributed by atoms with van der Waals surface area (Å²) in [7, 11) is 0. The van der Waals surface area contributed by atoms with E-state index >= 15 is 0 Å². The average Bonchev–Trinajstić information content (AvgIpc) is 3.07. The number of rotatable bonds is 5. The maximum atomic E-state index is 11.9. The normalized spacial score (nSPS) is 10.4. The summed E-state index contributed by atoms with van der Waals surface area (Å²) in [5.41, 5.74) is 3.50. The molecule has 3 aromatic rings. The Kier molecular flexibility index (Phi) is 4.66. The second kappa shape index (κ2) is 7.05. The number of nitrogens with one attached hydrogen (secondary N) is 1. The van der Waals surface area contributed by atoms with Crippen molar-refractivity contribution in [3.05, 3.63) is 82.6 Å². The fraction of sp³-hybridized carbons (Fsp3) is 0.105. The Balaban J connectivity index is 1.56. The molecule has 0 atom stereocenters. The lowest BCUT2D eigenvalue weighted by atomic mass is 10.0. The van der Waals surface area contributed by atoms with Crippen molar-refractivity contribution in [2.24, 2.45) is 0 Å². The second-order valence-corrected chi connectivity index (χ2v) is 6.13. The Labute approximate surface area is 134 Å². The molecular weight excluding hydrogens is 290 g/mol. The van der Waals surface area contributed by atoms with Crippen molar-refractivity contribution in [1.29, 1.82) is 0 Å². The summed E-state index contributed by atoms with van der Waals surface area (Å²) in [5, 5.41) is 4.96. The van der Waals surface area contributed by atoms with Crippen LogP contribution in [0.25, 0.3) is 11.1 Å². The van der Waals surface area contributed by atoms with Crippen LogP contribution in [-0.4, -0.2) is 5.91 Å². The van der Waals surface area contributed by atoms with E-state index in [4.69, 9.17) is 0 Å². The maximum Gasteiger partial charge on any atom is 0.225 e. The molecule has 0 bridgehead atoms. The number of thiophene rings is 1. The minimum absolute atomic E-state index is 0.0644. The van der Waals surface area contributed by atoms with Crippen LogP contribution in [0.3, 0.4) is 0 Å². The van der Waals surface area contributed by atoms with Gasteiger partial charge in [-0.25, -0.2) is 0 Å². The Bertz CT molecular complexity index is 718. The van der Waals surface area contributed by atoms with Gasteiger partial charge in [-0.05, 0) is 28.1 Å². The van der Waals surface area contributed by atoms with Gasteiger partial charge in [-0.3, -0.25) is 4.79 Å². The van der Waals surface area contributed by atoms with Gasteiger partial charge in [0.25, 0.3) is 0 Å². The van der Waals surface area contributed by atoms with E-state index in [1.165, 1.54) is 11.1 Å². The molecule has 1 aromatic heterocycles. The summed E-state index contributed by atoms with van der Waals surface area (Å²) in [6, 6.07) is 22.5. The highest BCUT2D eigenvalue weighted by Crippen LogP contribution is 2.19. The van der Waals surface area contributed by atoms with Crippen LogP contribution >= 0.6 is 11.3 Å². The first-order valence-corrected chi connectivity index (χ1v) is 8.13. The third-order valence-corrected chi connectivity index (χ3v) is 4.34. The van der Waals surface area contributed by atoms with Gasteiger partial charge in [0.05, 0.1) is 6.42 Å². The minimum Gasteiger partial charge on any atom is -0.352 e. The molecule has 2 aromatic carbocycles. The summed E-state index contributed by atoms with van der Waals surface area (Å²) in [6.07, 6.45) is 0.458. The fourth-order valence-electron chi connectivity index (χ4n) is 2.28. The number of carbonyl (C=O) groups is 1. The summed E-state index contributed by atoms with van der Waals surface area (Å²) in [5.74, 6) is 0.0644. The van der Waals surface area contributed by atoms with Crippen molar-refractivity contribution in [3.63, 3.8) is 0 Å². The molecule has 0 saturated carbocycles. The highest BCUT2D eigenvalue weighted by atomic mass is 32.1. The molecule has 1 heterocycles. The van der Waals surface area contributed by atoms with Crippen molar-refractivity contribution in [2.45, 2.75) is 13.0 Å². The zero-order valence-corrected chi connectivity index (χ0v) is 13.0. The molecule has 3 heteroatoms. The highest BCUT2D eigenvalue weighted by molar-refractivity contribution is 7.10. The van der Waals surface area contributed by atoms with Crippen molar-refractivity contribution >= 4 is 17.2 Å². The third kappa shape index (κ3) is 3.83. The van der Waals surface area contributed by atoms with Crippen LogP contribution in [0.15, 0.2) is 72.1 Å². The molecule has 0 spiro atoms. The standard InChI is InChI=1S/C19H17NOS/c21-19(13-18-7-4-12-22-18)20-14-15-8-10-17(11-9-15)16-5-2-1-3-6-16/h1-12H,13-14H2,(H,20,21). The smallest absolute Gasteiger partial charge is 0.225 e. The van der Waals surface area contributed by atoms with Crippen LogP contribution in [0.4, 0.5) is 0 Å². The molecule has 22 heavy (non-hydrogen) atoms. The van der Waals surface area contributed by atoms with Crippen LogP contribution in [-0.2, 0) is 17.8 Å². The summed E-state index contributed by atoms with van der Waals surface area (Å²) >= 11 is 1.61. The van der Waals surface area contributed by atoms with E-state index < -0.39 is 0 Å². The zero-order valence-electron chi connectivity index (χ0n) is 12.2. The topological polar surface area (TPSA) is 29.1 Å². The van der Waals surface area contributed by atoms with Crippen LogP contribution in [0, 0.1) is 0 Å². The van der Waals surface area contributed by atoms with Gasteiger partial charge in [-0.15, -0.1) is 11.3 Å². The first-order chi connectivity index (χ1) is 10.8. The highest BCUT2D eigenvalue weighted by Gasteiger charge is 2.04. The Morgan fingerprint density at radius 3 is 2.27 bits per heavy atom. The van der Waals surface area contributed by atoms with Gasteiger partial charge in [-0.1, -0.05) is 60.7 Å². The summed E-state index contributed by atoms with van der Waals surface area (Å²) in [6.45, 7) is 0.569. The lowest BCUT2D eigenvalue weighted by Gasteiger charge is -2.06. The molecule has 0 aliphatic heterocycles. The Hall–Kier alpha value is -2.39. The molecule has 0 saturated heterocycles. The predicted octanol–water partition coefficient (Wildman–Crippen LogP) is 4.27. The van der Waals surface area contributed by atoms with Crippen LogP contribution < -0.4 is 5.32 Å². The molecule has 0 aliphatic carbocycles. The van der Waals surface area contributed by atoms with E-state index in [0.29, 0.717) is 13.0 Å². The molecule has 110 valence electrons. The first kappa shape index (κ1) is 14.5. The molecule has 3 rings (SSSR count). The summed E-state index contributed by atoms with van der Waals surface area (Å²) in [4.78, 5) is 13.0. The number of carbonyl (C=O) groups excluding carboxylic acids is 1. The van der Waals surface area contributed by atoms with Crippen molar-refractivity contribution < 1.29 is 4.79 Å². The number of hydrogen-bond donors (Lipinski definition) is 1. The van der Waals surface area contributed by atoms with Gasteiger partial charge in [0.15, 0.2) is 0 Å². The van der Waals surface area contributed by atoms with E-state index in [1.54, 1.807) is 11.3 Å². The lowest BCUT2D eigenvalue weighted by molar-refractivity contribution is -0.120. The van der Waals surface area contributed by atoms with E-state index in [-0.39, 0.29) is 5.91 Å². The Morgan fingerprint density at radius 2 is 1.59 bits per heavy atom. The molecule has 1 amide bonds. The van der Waals surface area contributed by atoms with Gasteiger partial charge in [-0.2, -0.15) is 0 Å². The van der Waals surface area contributed by atoms with Gasteiger partial charge >= 0.3 is 0 Å². The Morgan fingerprint density at radius 1 is 0.864 bits per heavy atom. The third-order valence-electron chi connectivity index (χ3n) is 3.47. The monoisotopic (exact) mass is 307 g/mol. The predicted molar refractivity (Wildman–Crippen MR) is 91.7 cm³/mol. The lowest BCUT2D eigenvalue weighted by Crippen LogP contribution is -2.24. The zero-order chi connectivity index (χ0) is 15.2. The van der Waals surface area contributed by atoms with Gasteiger partial charge in [0, 0.05) is 11.4 Å². The molecule has 1 N–H and O–H groups in total. The van der Waals surface area contributed by atoms with E-state index in [1.807, 2.05) is 35.7 Å². The van der Waals surface area contributed by atoms with Gasteiger partial charge in [0.2, 0.25) is 5.91 Å². The molecular formula is C19H17NOS. The first-order valence-electron chi connectivity index (χ1n) is 7.25. The van der Waals surface area contributed by atoms with Crippen LogP contribution in [0.5, 0.6) is 0 Å². The molecule has 2 nitrogen and oxygen atoms in total. The summed E-state index contributed by atoms with van der Waals surface area (Å²) < 4.78 is 0. The minimum atomic E-state index is 0.0644. The van der Waals surface area contributed by atoms with Crippen LogP contribution in [0.1, 0.15) is 10.4 Å². The van der Waals surface area contributed by atoms with E-state index in [9.17, 15) is 4.79 Å². The fourth-order valence-corrected chi connectivity index (χ4v) is 2.98. The van der Waals surface area contributed by atoms with Crippen molar-refractivity contribution in [2.75, 3.05) is 0 Å². The van der Waals surface area contributed by atoms with Gasteiger partial charge in [0.1, 0.15) is 0 Å². The largest absolute Gasteiger partial charge is 0.352 e. The molecule has 0 fully saturated rings. The second-order valence-electron chi connectivity index (χ2n) is 5.10. The van der Waals surface area contributed by atoms with Crippen molar-refractivity contribution in [3.8, 4) is 11.1 Å². The molecule has 0 unspecified atom stereocenters. The van der Waals surface area contributed by atoms with Crippen LogP contribution in [0.2, 0.25) is 0 Å². The maximum absolute atomic E-state index is 11.9. The molecule has 0 aliphatic rings. The number of benzene rings is 2. The number of hydrogen-bond acceptors (Lipinski definition) is 2. The van der Waals surface area contributed by atoms with E-state index in [0.717, 1.165) is 10.4 Å². The molecule has 0 radical (unpaired) electrons. The van der Waals surface area contributed by atoms with E-state index in [2.05, 4.69) is 41.7 Å². The van der Waals surface area contributed by atoms with Gasteiger partial charge < -0.3 is 5.32 Å². The SMILES string of the molecule is O=C(Cc1cccs1)NCc1ccc(-c2ccccc2)cc1. The number of amides is 1.